The number of unbranched alkanes of at least 4 members (excludes halogenated alkanes) is 1. The Bertz CT molecular complexity index is 646. The zero-order chi connectivity index (χ0) is 19.1. The molecular weight excluding hydrogens is 388 g/mol. The molecule has 0 aromatic heterocycles. The van der Waals surface area contributed by atoms with Crippen molar-refractivity contribution in [3.63, 3.8) is 0 Å². The van der Waals surface area contributed by atoms with Crippen LogP contribution in [-0.2, 0) is 20.7 Å². The summed E-state index contributed by atoms with van der Waals surface area (Å²) in [5.74, 6) is 5.82. The monoisotopic (exact) mass is 412 g/mol. The zero-order valence-corrected chi connectivity index (χ0v) is 16.4. The molecule has 3 rings (SSSR count). The summed E-state index contributed by atoms with van der Waals surface area (Å²) in [6, 6.07) is 8.01. The molecule has 2 fully saturated rings. The van der Waals surface area contributed by atoms with Gasteiger partial charge in [0.25, 0.3) is 0 Å². The highest BCUT2D eigenvalue weighted by atomic mass is 32.2. The van der Waals surface area contributed by atoms with Gasteiger partial charge in [0, 0.05) is 28.9 Å². The highest BCUT2D eigenvalue weighted by Gasteiger charge is 2.42. The summed E-state index contributed by atoms with van der Waals surface area (Å²) in [5, 5.41) is 9.33. The predicted octanol–water partition coefficient (Wildman–Crippen LogP) is 1.86. The van der Waals surface area contributed by atoms with E-state index in [0.717, 1.165) is 47.5 Å². The van der Waals surface area contributed by atoms with Crippen molar-refractivity contribution in [2.45, 2.75) is 54.5 Å². The van der Waals surface area contributed by atoms with Crippen molar-refractivity contribution in [2.75, 3.05) is 5.75 Å². The molecule has 5 N–H and O–H groups in total. The van der Waals surface area contributed by atoms with Crippen LogP contribution in [0.2, 0.25) is 0 Å². The Morgan fingerprint density at radius 1 is 1.30 bits per heavy atom. The lowest BCUT2D eigenvalue weighted by atomic mass is 10.0. The Hall–Kier alpha value is -1.46. The van der Waals surface area contributed by atoms with Crippen LogP contribution in [0.1, 0.15) is 31.2 Å². The molecule has 0 spiro atoms. The van der Waals surface area contributed by atoms with Gasteiger partial charge in [-0.25, -0.2) is 4.79 Å². The Kier molecular flexibility index (Phi) is 7.65. The van der Waals surface area contributed by atoms with Crippen LogP contribution in [0.15, 0.2) is 29.2 Å². The summed E-state index contributed by atoms with van der Waals surface area (Å²) in [6.07, 6.45) is 3.38. The van der Waals surface area contributed by atoms with Gasteiger partial charge in [-0.1, -0.05) is 18.6 Å². The second-order valence-corrected chi connectivity index (χ2v) is 8.58. The minimum Gasteiger partial charge on any atom is -0.352 e. The number of rotatable bonds is 10. The van der Waals surface area contributed by atoms with Crippen LogP contribution in [0.25, 0.3) is 0 Å². The van der Waals surface area contributed by atoms with Crippen LogP contribution >= 0.6 is 23.8 Å². The van der Waals surface area contributed by atoms with E-state index in [1.54, 1.807) is 0 Å². The number of nitrogens with two attached hydrogens (primary N) is 1. The van der Waals surface area contributed by atoms with E-state index in [9.17, 15) is 9.59 Å². The molecule has 0 saturated carbocycles. The van der Waals surface area contributed by atoms with E-state index in [4.69, 9.17) is 5.90 Å². The quantitative estimate of drug-likeness (QED) is 0.152. The van der Waals surface area contributed by atoms with Crippen LogP contribution in [0.4, 0.5) is 4.79 Å². The summed E-state index contributed by atoms with van der Waals surface area (Å²) in [6.45, 7) is 0.498. The van der Waals surface area contributed by atoms with Crippen molar-refractivity contribution >= 4 is 35.7 Å². The zero-order valence-electron chi connectivity index (χ0n) is 14.8. The van der Waals surface area contributed by atoms with E-state index < -0.39 is 0 Å². The van der Waals surface area contributed by atoms with Gasteiger partial charge >= 0.3 is 6.03 Å². The number of nitrogens with one attached hydrogen (secondary N) is 3. The average Bonchev–Trinajstić information content (AvgIpc) is 3.22. The lowest BCUT2D eigenvalue weighted by Crippen LogP contribution is -2.36. The molecule has 2 aliphatic rings. The van der Waals surface area contributed by atoms with E-state index in [1.807, 2.05) is 36.0 Å². The molecule has 2 heterocycles. The number of hydrogen-bond donors (Lipinski definition) is 4. The SMILES string of the molecule is NOOSc1ccc(CNC(=O)CCCC[C@@H]2SC[C@@H]3NC(=O)N[C@@H]32)cc1. The molecular formula is C17H24N4O4S2. The Morgan fingerprint density at radius 2 is 2.11 bits per heavy atom. The van der Waals surface area contributed by atoms with Crippen molar-refractivity contribution in [3.8, 4) is 0 Å². The maximum absolute atomic E-state index is 12.0. The number of carbonyl (C=O) groups excluding carboxylic acids is 2. The summed E-state index contributed by atoms with van der Waals surface area (Å²) in [4.78, 5) is 28.3. The summed E-state index contributed by atoms with van der Waals surface area (Å²) >= 11 is 2.93. The molecule has 27 heavy (non-hydrogen) atoms. The number of amides is 3. The van der Waals surface area contributed by atoms with E-state index in [2.05, 4.69) is 25.3 Å². The normalized spacial score (nSPS) is 23.6. The van der Waals surface area contributed by atoms with Crippen molar-refractivity contribution in [1.29, 1.82) is 0 Å². The van der Waals surface area contributed by atoms with Gasteiger partial charge in [-0.2, -0.15) is 17.7 Å². The highest BCUT2D eigenvalue weighted by Crippen LogP contribution is 2.33. The van der Waals surface area contributed by atoms with Gasteiger partial charge in [0.15, 0.2) is 0 Å². The van der Waals surface area contributed by atoms with Crippen LogP contribution in [0, 0.1) is 0 Å². The second-order valence-electron chi connectivity index (χ2n) is 6.54. The van der Waals surface area contributed by atoms with Crippen molar-refractivity contribution in [2.24, 2.45) is 5.90 Å². The maximum atomic E-state index is 12.0. The van der Waals surface area contributed by atoms with Gasteiger partial charge in [-0.15, -0.1) is 9.32 Å². The Balaban J connectivity index is 1.28. The van der Waals surface area contributed by atoms with Crippen LogP contribution in [0.3, 0.4) is 0 Å². The number of fused-ring (bicyclic) bond motifs is 1. The second kappa shape index (κ2) is 10.2. The molecule has 0 aliphatic carbocycles. The number of hydrogen-bond acceptors (Lipinski definition) is 7. The number of carbonyl (C=O) groups is 2. The van der Waals surface area contributed by atoms with Gasteiger partial charge in [-0.05, 0) is 30.5 Å². The molecule has 2 aliphatic heterocycles. The summed E-state index contributed by atoms with van der Waals surface area (Å²) in [5.41, 5.74) is 1.01. The number of thioether (sulfide) groups is 1. The fourth-order valence-corrected chi connectivity index (χ4v) is 5.19. The standard InChI is InChI=1S/C17H24N4O4S2/c18-24-25-27-12-7-5-11(6-8-12)9-19-15(22)4-2-1-3-14-16-13(10-26-14)20-17(23)21-16/h5-8,13-14,16H,1-4,9-10,18H2,(H,19,22)(H2,20,21,23)/t13-,14-,16-/m0/s1. The molecule has 2 saturated heterocycles. The van der Waals surface area contributed by atoms with Crippen molar-refractivity contribution in [1.82, 2.24) is 16.0 Å². The van der Waals surface area contributed by atoms with Crippen LogP contribution in [-0.4, -0.2) is 35.0 Å². The third kappa shape index (κ3) is 6.01. The maximum Gasteiger partial charge on any atom is 0.315 e. The van der Waals surface area contributed by atoms with E-state index >= 15 is 0 Å². The first-order valence-electron chi connectivity index (χ1n) is 8.90. The van der Waals surface area contributed by atoms with Gasteiger partial charge in [0.2, 0.25) is 5.91 Å². The van der Waals surface area contributed by atoms with Crippen molar-refractivity contribution in [3.05, 3.63) is 29.8 Å². The molecule has 148 valence electrons. The molecule has 8 nitrogen and oxygen atoms in total. The van der Waals surface area contributed by atoms with Gasteiger partial charge in [0.1, 0.15) is 0 Å². The van der Waals surface area contributed by atoms with Gasteiger partial charge in [0.05, 0.1) is 24.1 Å². The summed E-state index contributed by atoms with van der Waals surface area (Å²) < 4.78 is 4.58. The first-order valence-corrected chi connectivity index (χ1v) is 10.7. The number of benzene rings is 1. The smallest absolute Gasteiger partial charge is 0.315 e. The van der Waals surface area contributed by atoms with Crippen molar-refractivity contribution < 1.29 is 18.9 Å². The average molecular weight is 413 g/mol. The topological polar surface area (TPSA) is 115 Å². The largest absolute Gasteiger partial charge is 0.352 e. The lowest BCUT2D eigenvalue weighted by molar-refractivity contribution is -0.195. The molecule has 3 amide bonds. The molecule has 1 aromatic rings. The van der Waals surface area contributed by atoms with E-state index in [1.165, 1.54) is 0 Å². The molecule has 0 bridgehead atoms. The molecule has 1 aromatic carbocycles. The third-order valence-corrected chi connectivity index (χ3v) is 6.78. The van der Waals surface area contributed by atoms with Crippen LogP contribution < -0.4 is 21.8 Å². The lowest BCUT2D eigenvalue weighted by Gasteiger charge is -2.16. The molecule has 3 atom stereocenters. The Morgan fingerprint density at radius 3 is 2.89 bits per heavy atom. The minimum absolute atomic E-state index is 0.0541. The molecule has 10 heteroatoms. The van der Waals surface area contributed by atoms with Gasteiger partial charge < -0.3 is 16.0 Å². The summed E-state index contributed by atoms with van der Waals surface area (Å²) in [7, 11) is 0. The molecule has 0 unspecified atom stereocenters. The fourth-order valence-electron chi connectivity index (χ4n) is 3.28. The first-order chi connectivity index (χ1) is 13.2. The minimum atomic E-state index is -0.0541. The van der Waals surface area contributed by atoms with Crippen LogP contribution in [0.5, 0.6) is 0 Å². The van der Waals surface area contributed by atoms with E-state index in [-0.39, 0.29) is 24.0 Å². The third-order valence-electron chi connectivity index (χ3n) is 4.66. The number of urea groups is 1. The Labute approximate surface area is 166 Å². The fraction of sp³-hybridized carbons (Fsp3) is 0.529. The highest BCUT2D eigenvalue weighted by molar-refractivity contribution is 8.00. The van der Waals surface area contributed by atoms with Gasteiger partial charge in [-0.3, -0.25) is 4.79 Å². The predicted molar refractivity (Wildman–Crippen MR) is 104 cm³/mol. The molecule has 0 radical (unpaired) electrons. The first kappa shape index (κ1) is 20.3. The van der Waals surface area contributed by atoms with E-state index in [0.29, 0.717) is 18.2 Å².